The van der Waals surface area contributed by atoms with Crippen LogP contribution in [-0.4, -0.2) is 0 Å². The average molecular weight is 716 g/mol. The topological polar surface area (TPSA) is 3.24 Å². The second kappa shape index (κ2) is 13.7. The Labute approximate surface area is 329 Å². The lowest BCUT2D eigenvalue weighted by atomic mass is 9.82. The zero-order chi connectivity index (χ0) is 37.6. The molecule has 0 bridgehead atoms. The van der Waals surface area contributed by atoms with Crippen molar-refractivity contribution in [2.24, 2.45) is 0 Å². The minimum Gasteiger partial charge on any atom is -0.309 e. The molecule has 1 aliphatic rings. The highest BCUT2D eigenvalue weighted by atomic mass is 15.2. The standard InChI is InChI=1S/C55H41N/c1-55(2)50-26-15-14-25-47(50)53-51(55)27-16-28-52(53)56(46-33-31-40(32-34-46)44-30-29-39-19-12-13-24-43(39)35-44)54-48(41-20-8-4-9-21-41)36-45(38-17-6-3-7-18-38)37-49(54)42-22-10-5-11-23-42/h3-37H,1-2H3. The van der Waals surface area contributed by atoms with Crippen molar-refractivity contribution < 1.29 is 0 Å². The molecule has 10 rings (SSSR count). The minimum atomic E-state index is -0.144. The first-order valence-electron chi connectivity index (χ1n) is 19.5. The zero-order valence-electron chi connectivity index (χ0n) is 31.7. The summed E-state index contributed by atoms with van der Waals surface area (Å²) < 4.78 is 0. The van der Waals surface area contributed by atoms with Crippen molar-refractivity contribution in [3.63, 3.8) is 0 Å². The van der Waals surface area contributed by atoms with E-state index in [0.29, 0.717) is 0 Å². The molecule has 9 aromatic rings. The highest BCUT2D eigenvalue weighted by Gasteiger charge is 2.38. The van der Waals surface area contributed by atoms with Gasteiger partial charge in [-0.3, -0.25) is 0 Å². The summed E-state index contributed by atoms with van der Waals surface area (Å²) in [6.45, 7) is 4.73. The Morgan fingerprint density at radius 2 is 0.857 bits per heavy atom. The van der Waals surface area contributed by atoms with Crippen LogP contribution < -0.4 is 4.90 Å². The van der Waals surface area contributed by atoms with E-state index in [4.69, 9.17) is 0 Å². The van der Waals surface area contributed by atoms with E-state index in [1.807, 2.05) is 0 Å². The largest absolute Gasteiger partial charge is 0.309 e. The Morgan fingerprint density at radius 3 is 1.52 bits per heavy atom. The van der Waals surface area contributed by atoms with Gasteiger partial charge in [0, 0.05) is 27.8 Å². The average Bonchev–Trinajstić information content (AvgIpc) is 3.51. The number of anilines is 3. The van der Waals surface area contributed by atoms with Crippen molar-refractivity contribution in [1.29, 1.82) is 0 Å². The van der Waals surface area contributed by atoms with E-state index in [2.05, 4.69) is 231 Å². The second-order valence-corrected chi connectivity index (χ2v) is 15.3. The lowest BCUT2D eigenvalue weighted by Gasteiger charge is -2.33. The maximum absolute atomic E-state index is 2.54. The van der Waals surface area contributed by atoms with Crippen LogP contribution in [0.25, 0.3) is 66.4 Å². The predicted molar refractivity (Wildman–Crippen MR) is 238 cm³/mol. The Morgan fingerprint density at radius 1 is 0.339 bits per heavy atom. The molecule has 1 aliphatic carbocycles. The SMILES string of the molecule is CC1(C)c2ccccc2-c2c(N(c3ccc(-c4ccc5ccccc5c4)cc3)c3c(-c4ccccc4)cc(-c4ccccc4)cc3-c3ccccc3)cccc21. The van der Waals surface area contributed by atoms with Crippen molar-refractivity contribution in [2.75, 3.05) is 4.90 Å². The van der Waals surface area contributed by atoms with Crippen LogP contribution in [0.2, 0.25) is 0 Å². The molecule has 266 valence electrons. The van der Waals surface area contributed by atoms with E-state index < -0.39 is 0 Å². The molecule has 0 saturated heterocycles. The van der Waals surface area contributed by atoms with Crippen LogP contribution in [0.1, 0.15) is 25.0 Å². The molecule has 0 spiro atoms. The molecule has 0 saturated carbocycles. The third-order valence-corrected chi connectivity index (χ3v) is 11.6. The maximum Gasteiger partial charge on any atom is 0.0619 e. The van der Waals surface area contributed by atoms with Gasteiger partial charge < -0.3 is 4.90 Å². The van der Waals surface area contributed by atoms with Crippen LogP contribution in [0.4, 0.5) is 17.1 Å². The van der Waals surface area contributed by atoms with Gasteiger partial charge in [-0.25, -0.2) is 0 Å². The van der Waals surface area contributed by atoms with Crippen molar-refractivity contribution >= 4 is 27.8 Å². The number of benzene rings is 9. The van der Waals surface area contributed by atoms with E-state index in [1.54, 1.807) is 0 Å². The Hall–Kier alpha value is -6.96. The Bertz CT molecular complexity index is 2790. The van der Waals surface area contributed by atoms with E-state index in [-0.39, 0.29) is 5.41 Å². The molecule has 56 heavy (non-hydrogen) atoms. The second-order valence-electron chi connectivity index (χ2n) is 15.3. The lowest BCUT2D eigenvalue weighted by Crippen LogP contribution is -2.16. The molecule has 0 atom stereocenters. The molecule has 0 aromatic heterocycles. The molecule has 0 radical (unpaired) electrons. The molecular formula is C55H41N. The predicted octanol–water partition coefficient (Wildman–Crippen LogP) is 15.3. The van der Waals surface area contributed by atoms with Crippen molar-refractivity contribution in [1.82, 2.24) is 0 Å². The molecule has 1 nitrogen and oxygen atoms in total. The maximum atomic E-state index is 2.54. The van der Waals surface area contributed by atoms with Gasteiger partial charge in [0.2, 0.25) is 0 Å². The molecule has 0 aliphatic heterocycles. The van der Waals surface area contributed by atoms with Crippen molar-refractivity contribution in [3.8, 4) is 55.6 Å². The molecule has 1 heteroatoms. The Kier molecular flexibility index (Phi) is 8.23. The smallest absolute Gasteiger partial charge is 0.0619 e. The van der Waals surface area contributed by atoms with Gasteiger partial charge in [0.05, 0.1) is 11.4 Å². The van der Waals surface area contributed by atoms with Gasteiger partial charge >= 0.3 is 0 Å². The number of fused-ring (bicyclic) bond motifs is 4. The summed E-state index contributed by atoms with van der Waals surface area (Å²) in [5, 5.41) is 2.50. The van der Waals surface area contributed by atoms with Crippen molar-refractivity contribution in [2.45, 2.75) is 19.3 Å². The normalized spacial score (nSPS) is 12.6. The summed E-state index contributed by atoms with van der Waals surface area (Å²) >= 11 is 0. The fraction of sp³-hybridized carbons (Fsp3) is 0.0545. The van der Waals surface area contributed by atoms with E-state index >= 15 is 0 Å². The fourth-order valence-corrected chi connectivity index (χ4v) is 8.83. The molecule has 0 fully saturated rings. The first-order valence-corrected chi connectivity index (χ1v) is 19.5. The molecular weight excluding hydrogens is 675 g/mol. The monoisotopic (exact) mass is 715 g/mol. The van der Waals surface area contributed by atoms with Crippen LogP contribution >= 0.6 is 0 Å². The molecule has 0 heterocycles. The van der Waals surface area contributed by atoms with Gasteiger partial charge in [-0.2, -0.15) is 0 Å². The van der Waals surface area contributed by atoms with Gasteiger partial charge in [0.15, 0.2) is 0 Å². The van der Waals surface area contributed by atoms with E-state index in [1.165, 1.54) is 83.2 Å². The summed E-state index contributed by atoms with van der Waals surface area (Å²) in [6, 6.07) is 77.8. The third-order valence-electron chi connectivity index (χ3n) is 11.6. The lowest BCUT2D eigenvalue weighted by molar-refractivity contribution is 0.660. The molecule has 0 N–H and O–H groups in total. The van der Waals surface area contributed by atoms with Gasteiger partial charge in [-0.15, -0.1) is 0 Å². The minimum absolute atomic E-state index is 0.144. The highest BCUT2D eigenvalue weighted by molar-refractivity contribution is 6.04. The van der Waals surface area contributed by atoms with Gasteiger partial charge in [-0.1, -0.05) is 190 Å². The highest BCUT2D eigenvalue weighted by Crippen LogP contribution is 2.56. The van der Waals surface area contributed by atoms with Crippen molar-refractivity contribution in [3.05, 3.63) is 223 Å². The number of hydrogen-bond donors (Lipinski definition) is 0. The van der Waals surface area contributed by atoms with E-state index in [0.717, 1.165) is 11.4 Å². The Balaban J connectivity index is 1.28. The van der Waals surface area contributed by atoms with Crippen LogP contribution in [0.3, 0.4) is 0 Å². The first kappa shape index (κ1) is 33.6. The van der Waals surface area contributed by atoms with Gasteiger partial charge in [0.1, 0.15) is 0 Å². The van der Waals surface area contributed by atoms with Crippen LogP contribution in [0.15, 0.2) is 212 Å². The number of nitrogens with zero attached hydrogens (tertiary/aromatic N) is 1. The first-order chi connectivity index (χ1) is 27.5. The summed E-state index contributed by atoms with van der Waals surface area (Å²) in [7, 11) is 0. The van der Waals surface area contributed by atoms with Crippen LogP contribution in [0, 0.1) is 0 Å². The summed E-state index contributed by atoms with van der Waals surface area (Å²) in [5.41, 5.74) is 18.0. The van der Waals surface area contributed by atoms with Gasteiger partial charge in [-0.05, 0) is 97.2 Å². The van der Waals surface area contributed by atoms with Crippen LogP contribution in [0.5, 0.6) is 0 Å². The molecule has 0 unspecified atom stereocenters. The number of rotatable bonds is 7. The summed E-state index contributed by atoms with van der Waals surface area (Å²) in [4.78, 5) is 2.54. The van der Waals surface area contributed by atoms with E-state index in [9.17, 15) is 0 Å². The molecule has 9 aromatic carbocycles. The fourth-order valence-electron chi connectivity index (χ4n) is 8.83. The molecule has 0 amide bonds. The van der Waals surface area contributed by atoms with Crippen LogP contribution in [-0.2, 0) is 5.41 Å². The third kappa shape index (κ3) is 5.72. The summed E-state index contributed by atoms with van der Waals surface area (Å²) in [6.07, 6.45) is 0. The summed E-state index contributed by atoms with van der Waals surface area (Å²) in [5.74, 6) is 0. The number of hydrogen-bond acceptors (Lipinski definition) is 1. The quantitative estimate of drug-likeness (QED) is 0.159. The van der Waals surface area contributed by atoms with Gasteiger partial charge in [0.25, 0.3) is 0 Å². The zero-order valence-corrected chi connectivity index (χ0v) is 31.7.